The molecule has 0 bridgehead atoms. The summed E-state index contributed by atoms with van der Waals surface area (Å²) in [6.07, 6.45) is 1.24. The second-order valence-corrected chi connectivity index (χ2v) is 6.16. The zero-order valence-corrected chi connectivity index (χ0v) is 14.1. The molecule has 1 atom stereocenters. The Bertz CT molecular complexity index is 662. The predicted molar refractivity (Wildman–Crippen MR) is 88.1 cm³/mol. The average Bonchev–Trinajstić information content (AvgIpc) is 2.84. The molecule has 0 aliphatic heterocycles. The maximum atomic E-state index is 11.8. The van der Waals surface area contributed by atoms with E-state index in [1.165, 1.54) is 0 Å². The second kappa shape index (κ2) is 7.37. The lowest BCUT2D eigenvalue weighted by Crippen LogP contribution is -2.29. The van der Waals surface area contributed by atoms with Crippen LogP contribution in [0.15, 0.2) is 24.4 Å². The summed E-state index contributed by atoms with van der Waals surface area (Å²) >= 11 is 0. The zero-order chi connectivity index (χ0) is 17.0. The molecule has 0 aliphatic carbocycles. The van der Waals surface area contributed by atoms with Gasteiger partial charge in [0.25, 0.3) is 0 Å². The van der Waals surface area contributed by atoms with Crippen LogP contribution in [0.2, 0.25) is 0 Å². The molecule has 124 valence electrons. The maximum Gasteiger partial charge on any atom is 0.222 e. The fourth-order valence-corrected chi connectivity index (χ4v) is 2.21. The van der Waals surface area contributed by atoms with Crippen molar-refractivity contribution < 1.29 is 9.90 Å². The number of aliphatic hydroxyl groups excluding tert-OH is 1. The first-order valence-electron chi connectivity index (χ1n) is 7.80. The van der Waals surface area contributed by atoms with Gasteiger partial charge in [-0.1, -0.05) is 19.9 Å². The van der Waals surface area contributed by atoms with Gasteiger partial charge in [-0.25, -0.2) is 9.67 Å². The molecule has 0 radical (unpaired) electrons. The Hall–Kier alpha value is -2.21. The van der Waals surface area contributed by atoms with Crippen LogP contribution in [0.3, 0.4) is 0 Å². The minimum atomic E-state index is -0.610. The highest BCUT2D eigenvalue weighted by atomic mass is 16.3. The summed E-state index contributed by atoms with van der Waals surface area (Å²) in [6, 6.07) is 5.79. The van der Waals surface area contributed by atoms with Crippen LogP contribution in [0.1, 0.15) is 37.2 Å². The molecule has 2 aromatic heterocycles. The molecular weight excluding hydrogens is 292 g/mol. The summed E-state index contributed by atoms with van der Waals surface area (Å²) in [5.41, 5.74) is 2.88. The normalized spacial score (nSPS) is 12.4. The number of carbonyl (C=O) groups is 1. The summed E-state index contributed by atoms with van der Waals surface area (Å²) in [5, 5.41) is 16.9. The van der Waals surface area contributed by atoms with Gasteiger partial charge in [-0.05, 0) is 37.5 Å². The average molecular weight is 316 g/mol. The van der Waals surface area contributed by atoms with Gasteiger partial charge in [0, 0.05) is 18.4 Å². The van der Waals surface area contributed by atoms with E-state index in [2.05, 4.69) is 15.4 Å². The lowest BCUT2D eigenvalue weighted by Gasteiger charge is -2.14. The number of nitrogens with one attached hydrogen (secondary N) is 1. The van der Waals surface area contributed by atoms with Crippen molar-refractivity contribution in [1.29, 1.82) is 0 Å². The smallest absolute Gasteiger partial charge is 0.222 e. The molecule has 0 aromatic carbocycles. The van der Waals surface area contributed by atoms with Crippen molar-refractivity contribution in [2.45, 2.75) is 46.8 Å². The number of aromatic nitrogens is 3. The quantitative estimate of drug-likeness (QED) is 0.853. The SMILES string of the molecule is Cc1cc(C)n(-c2ccc(CNC(=O)CC(O)C(C)C)cn2)n1. The van der Waals surface area contributed by atoms with Gasteiger partial charge in [-0.15, -0.1) is 0 Å². The van der Waals surface area contributed by atoms with E-state index in [1.807, 2.05) is 45.9 Å². The van der Waals surface area contributed by atoms with Crippen LogP contribution in [-0.2, 0) is 11.3 Å². The van der Waals surface area contributed by atoms with Crippen LogP contribution in [0, 0.1) is 19.8 Å². The molecular formula is C17H24N4O2. The van der Waals surface area contributed by atoms with Crippen LogP contribution in [-0.4, -0.2) is 31.9 Å². The number of amides is 1. The molecule has 0 fully saturated rings. The van der Waals surface area contributed by atoms with E-state index >= 15 is 0 Å². The number of carbonyl (C=O) groups excluding carboxylic acids is 1. The molecule has 23 heavy (non-hydrogen) atoms. The molecule has 2 N–H and O–H groups in total. The van der Waals surface area contributed by atoms with Crippen molar-refractivity contribution in [3.63, 3.8) is 0 Å². The molecule has 2 heterocycles. The zero-order valence-electron chi connectivity index (χ0n) is 14.1. The first-order chi connectivity index (χ1) is 10.9. The Kier molecular flexibility index (Phi) is 5.50. The Morgan fingerprint density at radius 1 is 1.35 bits per heavy atom. The number of pyridine rings is 1. The van der Waals surface area contributed by atoms with Crippen molar-refractivity contribution in [3.05, 3.63) is 41.3 Å². The Morgan fingerprint density at radius 2 is 2.09 bits per heavy atom. The van der Waals surface area contributed by atoms with E-state index in [9.17, 15) is 9.90 Å². The molecule has 0 spiro atoms. The summed E-state index contributed by atoms with van der Waals surface area (Å²) in [6.45, 7) is 8.10. The molecule has 6 nitrogen and oxygen atoms in total. The van der Waals surface area contributed by atoms with Crippen molar-refractivity contribution in [1.82, 2.24) is 20.1 Å². The topological polar surface area (TPSA) is 80.0 Å². The second-order valence-electron chi connectivity index (χ2n) is 6.16. The third-order valence-corrected chi connectivity index (χ3v) is 3.69. The first-order valence-corrected chi connectivity index (χ1v) is 7.80. The van der Waals surface area contributed by atoms with Crippen LogP contribution in [0.5, 0.6) is 0 Å². The van der Waals surface area contributed by atoms with Crippen LogP contribution in [0.4, 0.5) is 0 Å². The van der Waals surface area contributed by atoms with Gasteiger partial charge >= 0.3 is 0 Å². The van der Waals surface area contributed by atoms with Crippen molar-refractivity contribution in [3.8, 4) is 5.82 Å². The van der Waals surface area contributed by atoms with Gasteiger partial charge in [-0.2, -0.15) is 5.10 Å². The highest BCUT2D eigenvalue weighted by Crippen LogP contribution is 2.10. The van der Waals surface area contributed by atoms with Gasteiger partial charge in [-0.3, -0.25) is 4.79 Å². The molecule has 0 saturated carbocycles. The highest BCUT2D eigenvalue weighted by Gasteiger charge is 2.14. The highest BCUT2D eigenvalue weighted by molar-refractivity contribution is 5.76. The Balaban J connectivity index is 1.93. The Labute approximate surface area is 136 Å². The summed E-state index contributed by atoms with van der Waals surface area (Å²) in [4.78, 5) is 16.2. The molecule has 1 amide bonds. The number of aryl methyl sites for hydroxylation is 2. The van der Waals surface area contributed by atoms with Gasteiger partial charge < -0.3 is 10.4 Å². The van der Waals surface area contributed by atoms with E-state index in [4.69, 9.17) is 0 Å². The number of nitrogens with zero attached hydrogens (tertiary/aromatic N) is 3. The summed E-state index contributed by atoms with van der Waals surface area (Å²) < 4.78 is 1.79. The van der Waals surface area contributed by atoms with E-state index in [0.29, 0.717) is 6.54 Å². The number of hydrogen-bond donors (Lipinski definition) is 2. The van der Waals surface area contributed by atoms with Gasteiger partial charge in [0.15, 0.2) is 5.82 Å². The fraction of sp³-hybridized carbons (Fsp3) is 0.471. The molecule has 2 aromatic rings. The minimum Gasteiger partial charge on any atom is -0.392 e. The number of hydrogen-bond acceptors (Lipinski definition) is 4. The molecule has 0 aliphatic rings. The molecule has 1 unspecified atom stereocenters. The van der Waals surface area contributed by atoms with E-state index < -0.39 is 6.10 Å². The molecule has 0 saturated heterocycles. The van der Waals surface area contributed by atoms with Crippen LogP contribution < -0.4 is 5.32 Å². The third-order valence-electron chi connectivity index (χ3n) is 3.69. The third kappa shape index (κ3) is 4.63. The van der Waals surface area contributed by atoms with Crippen LogP contribution >= 0.6 is 0 Å². The van der Waals surface area contributed by atoms with Crippen molar-refractivity contribution in [2.24, 2.45) is 5.92 Å². The van der Waals surface area contributed by atoms with Crippen molar-refractivity contribution in [2.75, 3.05) is 0 Å². The Morgan fingerprint density at radius 3 is 2.61 bits per heavy atom. The first kappa shape index (κ1) is 17.1. The largest absolute Gasteiger partial charge is 0.392 e. The van der Waals surface area contributed by atoms with E-state index in [0.717, 1.165) is 22.8 Å². The maximum absolute atomic E-state index is 11.8. The van der Waals surface area contributed by atoms with E-state index in [-0.39, 0.29) is 18.2 Å². The minimum absolute atomic E-state index is 0.0717. The summed E-state index contributed by atoms with van der Waals surface area (Å²) in [5.74, 6) is 0.664. The van der Waals surface area contributed by atoms with Gasteiger partial charge in [0.05, 0.1) is 18.2 Å². The molecule has 6 heteroatoms. The number of rotatable bonds is 6. The van der Waals surface area contributed by atoms with Crippen LogP contribution in [0.25, 0.3) is 5.82 Å². The fourth-order valence-electron chi connectivity index (χ4n) is 2.21. The molecule has 2 rings (SSSR count). The lowest BCUT2D eigenvalue weighted by molar-refractivity contribution is -0.123. The predicted octanol–water partition coefficient (Wildman–Crippen LogP) is 1.91. The number of aliphatic hydroxyl groups is 1. The van der Waals surface area contributed by atoms with E-state index in [1.54, 1.807) is 10.9 Å². The standard InChI is InChI=1S/C17H24N4O2/c1-11(2)15(22)8-17(23)19-10-14-5-6-16(18-9-14)21-13(4)7-12(3)20-21/h5-7,9,11,15,22H,8,10H2,1-4H3,(H,19,23). The monoisotopic (exact) mass is 316 g/mol. The summed E-state index contributed by atoms with van der Waals surface area (Å²) in [7, 11) is 0. The van der Waals surface area contributed by atoms with Gasteiger partial charge in [0.1, 0.15) is 0 Å². The lowest BCUT2D eigenvalue weighted by atomic mass is 10.0. The van der Waals surface area contributed by atoms with Crippen molar-refractivity contribution >= 4 is 5.91 Å². The van der Waals surface area contributed by atoms with Gasteiger partial charge in [0.2, 0.25) is 5.91 Å².